The Morgan fingerprint density at radius 3 is 2.62 bits per heavy atom. The lowest BCUT2D eigenvalue weighted by Crippen LogP contribution is -2.52. The average molecular weight is 288 g/mol. The van der Waals surface area contributed by atoms with E-state index in [4.69, 9.17) is 0 Å². The fraction of sp³-hybridized carbons (Fsp3) is 0.588. The summed E-state index contributed by atoms with van der Waals surface area (Å²) in [6.07, 6.45) is 2.24. The summed E-state index contributed by atoms with van der Waals surface area (Å²) >= 11 is 0. The summed E-state index contributed by atoms with van der Waals surface area (Å²) in [5.41, 5.74) is 2.33. The third-order valence-corrected chi connectivity index (χ3v) is 4.86. The van der Waals surface area contributed by atoms with Crippen molar-refractivity contribution in [1.82, 2.24) is 4.90 Å². The number of fused-ring (bicyclic) bond motifs is 1. The largest absolute Gasteiger partial charge is 0.393 e. The second-order valence-corrected chi connectivity index (χ2v) is 6.42. The van der Waals surface area contributed by atoms with Crippen molar-refractivity contribution in [3.05, 3.63) is 29.8 Å². The van der Waals surface area contributed by atoms with Crippen LogP contribution in [0, 0.1) is 0 Å². The van der Waals surface area contributed by atoms with Gasteiger partial charge in [0.15, 0.2) is 0 Å². The minimum absolute atomic E-state index is 0.176. The van der Waals surface area contributed by atoms with Crippen molar-refractivity contribution in [3.63, 3.8) is 0 Å². The Labute approximate surface area is 126 Å². The van der Waals surface area contributed by atoms with Crippen molar-refractivity contribution in [1.29, 1.82) is 0 Å². The van der Waals surface area contributed by atoms with Crippen molar-refractivity contribution in [2.24, 2.45) is 0 Å². The van der Waals surface area contributed by atoms with Crippen molar-refractivity contribution < 1.29 is 9.90 Å². The summed E-state index contributed by atoms with van der Waals surface area (Å²) in [7, 11) is 0. The number of amides is 1. The van der Waals surface area contributed by atoms with E-state index in [-0.39, 0.29) is 24.1 Å². The zero-order valence-electron chi connectivity index (χ0n) is 12.8. The summed E-state index contributed by atoms with van der Waals surface area (Å²) in [5, 5.41) is 9.82. The summed E-state index contributed by atoms with van der Waals surface area (Å²) in [5.74, 6) is 0.176. The maximum atomic E-state index is 12.7. The molecule has 0 spiro atoms. The van der Waals surface area contributed by atoms with E-state index in [0.29, 0.717) is 6.54 Å². The van der Waals surface area contributed by atoms with Crippen LogP contribution in [0.1, 0.15) is 32.3 Å². The number of aliphatic hydroxyl groups is 1. The van der Waals surface area contributed by atoms with E-state index in [0.717, 1.165) is 31.5 Å². The van der Waals surface area contributed by atoms with Gasteiger partial charge in [0.2, 0.25) is 5.91 Å². The Kier molecular flexibility index (Phi) is 4.00. The van der Waals surface area contributed by atoms with Crippen molar-refractivity contribution in [2.45, 2.75) is 51.3 Å². The Balaban J connectivity index is 1.70. The standard InChI is InChI=1S/C17H24N2O2/c1-12-9-15(20)10-13(2)19(12)11-17(21)18-8-7-14-5-3-4-6-16(14)18/h3-6,12-13,15,20H,7-11H2,1-2H3/t12-,13-/m1/s1. The molecule has 2 atom stereocenters. The minimum Gasteiger partial charge on any atom is -0.393 e. The van der Waals surface area contributed by atoms with Crippen LogP contribution in [0.25, 0.3) is 0 Å². The first kappa shape index (κ1) is 14.5. The predicted molar refractivity (Wildman–Crippen MR) is 83.4 cm³/mol. The molecule has 21 heavy (non-hydrogen) atoms. The van der Waals surface area contributed by atoms with Gasteiger partial charge in [0.1, 0.15) is 0 Å². The molecule has 0 aliphatic carbocycles. The minimum atomic E-state index is -0.228. The quantitative estimate of drug-likeness (QED) is 0.902. The molecule has 2 heterocycles. The number of benzene rings is 1. The van der Waals surface area contributed by atoms with Crippen LogP contribution in [-0.4, -0.2) is 47.2 Å². The molecular formula is C17H24N2O2. The van der Waals surface area contributed by atoms with Gasteiger partial charge in [-0.3, -0.25) is 9.69 Å². The van der Waals surface area contributed by atoms with Gasteiger partial charge in [0.25, 0.3) is 0 Å². The Hall–Kier alpha value is -1.39. The van der Waals surface area contributed by atoms with Crippen molar-refractivity contribution in [2.75, 3.05) is 18.0 Å². The lowest BCUT2D eigenvalue weighted by Gasteiger charge is -2.41. The van der Waals surface area contributed by atoms with E-state index in [9.17, 15) is 9.90 Å². The molecule has 1 aromatic rings. The molecule has 1 saturated heterocycles. The summed E-state index contributed by atoms with van der Waals surface area (Å²) in [6.45, 7) is 5.44. The highest BCUT2D eigenvalue weighted by Crippen LogP contribution is 2.29. The number of para-hydroxylation sites is 1. The van der Waals surface area contributed by atoms with E-state index in [1.807, 2.05) is 23.1 Å². The first-order valence-corrected chi connectivity index (χ1v) is 7.88. The summed E-state index contributed by atoms with van der Waals surface area (Å²) in [4.78, 5) is 16.8. The van der Waals surface area contributed by atoms with Crippen LogP contribution in [-0.2, 0) is 11.2 Å². The molecule has 0 saturated carbocycles. The molecule has 1 N–H and O–H groups in total. The average Bonchev–Trinajstić information content (AvgIpc) is 2.86. The summed E-state index contributed by atoms with van der Waals surface area (Å²) in [6, 6.07) is 8.67. The second kappa shape index (κ2) is 5.78. The van der Waals surface area contributed by atoms with Crippen LogP contribution in [0.2, 0.25) is 0 Å². The first-order chi connectivity index (χ1) is 10.1. The zero-order valence-corrected chi connectivity index (χ0v) is 12.8. The second-order valence-electron chi connectivity index (χ2n) is 6.42. The fourth-order valence-corrected chi connectivity index (χ4v) is 3.74. The molecule has 114 valence electrons. The third kappa shape index (κ3) is 2.83. The number of hydrogen-bond acceptors (Lipinski definition) is 3. The van der Waals surface area contributed by atoms with E-state index >= 15 is 0 Å². The van der Waals surface area contributed by atoms with Gasteiger partial charge in [-0.25, -0.2) is 0 Å². The Bertz CT molecular complexity index is 519. The molecule has 0 radical (unpaired) electrons. The maximum Gasteiger partial charge on any atom is 0.241 e. The molecule has 0 aromatic heterocycles. The van der Waals surface area contributed by atoms with Crippen LogP contribution < -0.4 is 4.90 Å². The molecule has 4 nitrogen and oxygen atoms in total. The molecule has 2 aliphatic rings. The van der Waals surface area contributed by atoms with E-state index < -0.39 is 0 Å². The number of likely N-dealkylation sites (tertiary alicyclic amines) is 1. The smallest absolute Gasteiger partial charge is 0.241 e. The first-order valence-electron chi connectivity index (χ1n) is 7.88. The highest BCUT2D eigenvalue weighted by molar-refractivity contribution is 5.96. The predicted octanol–water partition coefficient (Wildman–Crippen LogP) is 1.81. The molecule has 2 aliphatic heterocycles. The highest BCUT2D eigenvalue weighted by Gasteiger charge is 2.33. The van der Waals surface area contributed by atoms with Gasteiger partial charge in [0.05, 0.1) is 12.6 Å². The van der Waals surface area contributed by atoms with Crippen LogP contribution in [0.15, 0.2) is 24.3 Å². The SMILES string of the molecule is C[C@@H]1CC(O)C[C@@H](C)N1CC(=O)N1CCc2ccccc21. The molecule has 0 bridgehead atoms. The van der Waals surface area contributed by atoms with Crippen molar-refractivity contribution in [3.8, 4) is 0 Å². The van der Waals surface area contributed by atoms with Crippen molar-refractivity contribution >= 4 is 11.6 Å². The molecule has 4 heteroatoms. The highest BCUT2D eigenvalue weighted by atomic mass is 16.3. The number of hydrogen-bond donors (Lipinski definition) is 1. The molecule has 3 rings (SSSR count). The number of anilines is 1. The Morgan fingerprint density at radius 1 is 1.24 bits per heavy atom. The van der Waals surface area contributed by atoms with Gasteiger partial charge < -0.3 is 10.0 Å². The van der Waals surface area contributed by atoms with Gasteiger partial charge in [-0.1, -0.05) is 18.2 Å². The zero-order chi connectivity index (χ0) is 15.0. The number of piperidine rings is 1. The third-order valence-electron chi connectivity index (χ3n) is 4.86. The van der Waals surface area contributed by atoms with Gasteiger partial charge >= 0.3 is 0 Å². The molecule has 1 fully saturated rings. The van der Waals surface area contributed by atoms with Crippen LogP contribution >= 0.6 is 0 Å². The lowest BCUT2D eigenvalue weighted by molar-refractivity contribution is -0.122. The number of rotatable bonds is 2. The fourth-order valence-electron chi connectivity index (χ4n) is 3.74. The number of carbonyl (C=O) groups excluding carboxylic acids is 1. The lowest BCUT2D eigenvalue weighted by atomic mass is 9.95. The van der Waals surface area contributed by atoms with E-state index in [1.54, 1.807) is 0 Å². The van der Waals surface area contributed by atoms with Gasteiger partial charge in [0, 0.05) is 24.3 Å². The Morgan fingerprint density at radius 2 is 1.90 bits per heavy atom. The molecular weight excluding hydrogens is 264 g/mol. The normalized spacial score (nSPS) is 29.5. The molecule has 0 unspecified atom stereocenters. The van der Waals surface area contributed by atoms with Gasteiger partial charge in [-0.15, -0.1) is 0 Å². The number of carbonyl (C=O) groups is 1. The number of nitrogens with zero attached hydrogens (tertiary/aromatic N) is 2. The number of aliphatic hydroxyl groups excluding tert-OH is 1. The van der Waals surface area contributed by atoms with Crippen LogP contribution in [0.4, 0.5) is 5.69 Å². The monoisotopic (exact) mass is 288 g/mol. The molecule has 1 amide bonds. The van der Waals surface area contributed by atoms with E-state index in [1.165, 1.54) is 5.56 Å². The van der Waals surface area contributed by atoms with Crippen LogP contribution in [0.5, 0.6) is 0 Å². The van der Waals surface area contributed by atoms with Gasteiger partial charge in [-0.05, 0) is 44.7 Å². The van der Waals surface area contributed by atoms with Gasteiger partial charge in [-0.2, -0.15) is 0 Å². The van der Waals surface area contributed by atoms with Crippen LogP contribution in [0.3, 0.4) is 0 Å². The van der Waals surface area contributed by atoms with E-state index in [2.05, 4.69) is 24.8 Å². The topological polar surface area (TPSA) is 43.8 Å². The maximum absolute atomic E-state index is 12.7. The molecule has 1 aromatic carbocycles. The summed E-state index contributed by atoms with van der Waals surface area (Å²) < 4.78 is 0.